The molecule has 1 saturated heterocycles. The number of ether oxygens (including phenoxy) is 2. The fourth-order valence-corrected chi connectivity index (χ4v) is 2.29. The maximum atomic E-state index is 12.0. The van der Waals surface area contributed by atoms with E-state index in [9.17, 15) is 19.5 Å². The second kappa shape index (κ2) is 8.11. The number of nitrogens with zero attached hydrogens (tertiary/aromatic N) is 1. The molecular weight excluding hydrogens is 316 g/mol. The van der Waals surface area contributed by atoms with Gasteiger partial charge in [0, 0.05) is 24.9 Å². The van der Waals surface area contributed by atoms with E-state index in [1.165, 1.54) is 13.2 Å². The van der Waals surface area contributed by atoms with E-state index in [0.717, 1.165) is 6.08 Å². The number of morpholine rings is 1. The normalized spacial score (nSPS) is 14.5. The van der Waals surface area contributed by atoms with Gasteiger partial charge in [-0.05, 0) is 24.3 Å². The van der Waals surface area contributed by atoms with Crippen LogP contribution in [0.1, 0.15) is 10.4 Å². The molecule has 128 valence electrons. The topological polar surface area (TPSA) is 108 Å². The Bertz CT molecular complexity index is 665. The Labute approximate surface area is 138 Å². The third kappa shape index (κ3) is 4.56. The Balaban J connectivity index is 2.24. The quantitative estimate of drug-likeness (QED) is 0.574. The number of aliphatic carboxylic acids is 1. The Morgan fingerprint density at radius 3 is 2.58 bits per heavy atom. The average molecular weight is 333 g/mol. The molecule has 1 N–H and O–H groups in total. The lowest BCUT2D eigenvalue weighted by molar-refractivity contribution is -0.297. The van der Waals surface area contributed by atoms with Gasteiger partial charge in [-0.25, -0.2) is 4.79 Å². The largest absolute Gasteiger partial charge is 0.545 e. The average Bonchev–Trinajstić information content (AvgIpc) is 2.60. The number of hydrogen-bond donors (Lipinski definition) is 1. The lowest BCUT2D eigenvalue weighted by Crippen LogP contribution is -2.37. The molecule has 1 aliphatic heterocycles. The minimum atomic E-state index is -1.47. The molecule has 1 aromatic carbocycles. The standard InChI is InChI=1S/C16H18N2O6/c1-23-16(22)12-10-11(17-14(19)4-5-15(20)21)2-3-13(12)18-6-8-24-9-7-18/h2-5,10H,6-9H2,1H3,(H,17,19)(H,20,21)/p-1/b5-4+. The van der Waals surface area contributed by atoms with Gasteiger partial charge in [0.15, 0.2) is 0 Å². The van der Waals surface area contributed by atoms with Crippen LogP contribution < -0.4 is 15.3 Å². The highest BCUT2D eigenvalue weighted by molar-refractivity contribution is 6.03. The minimum absolute atomic E-state index is 0.307. The van der Waals surface area contributed by atoms with Crippen molar-refractivity contribution < 1.29 is 29.0 Å². The van der Waals surface area contributed by atoms with Crippen molar-refractivity contribution in [3.8, 4) is 0 Å². The minimum Gasteiger partial charge on any atom is -0.545 e. The highest BCUT2D eigenvalue weighted by Gasteiger charge is 2.20. The molecular formula is C16H17N2O6-. The number of amides is 1. The van der Waals surface area contributed by atoms with Gasteiger partial charge >= 0.3 is 5.97 Å². The number of anilines is 2. The Kier molecular flexibility index (Phi) is 5.91. The van der Waals surface area contributed by atoms with Crippen molar-refractivity contribution >= 4 is 29.2 Å². The zero-order valence-electron chi connectivity index (χ0n) is 13.1. The molecule has 0 radical (unpaired) electrons. The van der Waals surface area contributed by atoms with Gasteiger partial charge in [0.2, 0.25) is 5.91 Å². The van der Waals surface area contributed by atoms with Crippen LogP contribution in [-0.4, -0.2) is 51.3 Å². The highest BCUT2D eigenvalue weighted by Crippen LogP contribution is 2.26. The summed E-state index contributed by atoms with van der Waals surface area (Å²) in [7, 11) is 1.28. The predicted molar refractivity (Wildman–Crippen MR) is 83.6 cm³/mol. The van der Waals surface area contributed by atoms with Gasteiger partial charge in [0.1, 0.15) is 0 Å². The summed E-state index contributed by atoms with van der Waals surface area (Å²) in [5, 5.41) is 12.8. The molecule has 1 aliphatic rings. The molecule has 1 heterocycles. The molecule has 0 atom stereocenters. The SMILES string of the molecule is COC(=O)c1cc(NC(=O)/C=C/C(=O)[O-])ccc1N1CCOCC1. The summed E-state index contributed by atoms with van der Waals surface area (Å²) in [5.74, 6) is -2.64. The van der Waals surface area contributed by atoms with Crippen LogP contribution in [0.15, 0.2) is 30.4 Å². The van der Waals surface area contributed by atoms with Crippen LogP contribution in [0, 0.1) is 0 Å². The smallest absolute Gasteiger partial charge is 0.340 e. The highest BCUT2D eigenvalue weighted by atomic mass is 16.5. The van der Waals surface area contributed by atoms with E-state index in [1.54, 1.807) is 12.1 Å². The van der Waals surface area contributed by atoms with Crippen LogP contribution in [0.3, 0.4) is 0 Å². The van der Waals surface area contributed by atoms with E-state index >= 15 is 0 Å². The van der Waals surface area contributed by atoms with E-state index in [0.29, 0.717) is 49.3 Å². The first-order chi connectivity index (χ1) is 11.5. The predicted octanol–water partition coefficient (Wildman–Crippen LogP) is -0.446. The molecule has 0 unspecified atom stereocenters. The monoisotopic (exact) mass is 333 g/mol. The molecule has 1 fully saturated rings. The van der Waals surface area contributed by atoms with Gasteiger partial charge in [0.25, 0.3) is 0 Å². The Morgan fingerprint density at radius 2 is 1.96 bits per heavy atom. The van der Waals surface area contributed by atoms with Gasteiger partial charge in [-0.1, -0.05) is 0 Å². The third-order valence-electron chi connectivity index (χ3n) is 3.39. The van der Waals surface area contributed by atoms with Crippen molar-refractivity contribution in [2.75, 3.05) is 43.6 Å². The van der Waals surface area contributed by atoms with Crippen LogP contribution in [0.5, 0.6) is 0 Å². The molecule has 0 aliphatic carbocycles. The van der Waals surface area contributed by atoms with Gasteiger partial charge in [0.05, 0.1) is 37.5 Å². The Hall–Kier alpha value is -2.87. The second-order valence-corrected chi connectivity index (χ2v) is 4.96. The van der Waals surface area contributed by atoms with E-state index in [4.69, 9.17) is 9.47 Å². The molecule has 0 aromatic heterocycles. The lowest BCUT2D eigenvalue weighted by atomic mass is 10.1. The number of hydrogen-bond acceptors (Lipinski definition) is 7. The number of rotatable bonds is 5. The summed E-state index contributed by atoms with van der Waals surface area (Å²) in [6, 6.07) is 4.82. The molecule has 0 bridgehead atoms. The van der Waals surface area contributed by atoms with Crippen LogP contribution in [0.25, 0.3) is 0 Å². The van der Waals surface area contributed by atoms with Crippen molar-refractivity contribution in [1.29, 1.82) is 0 Å². The number of nitrogens with one attached hydrogen (secondary N) is 1. The number of methoxy groups -OCH3 is 1. The maximum Gasteiger partial charge on any atom is 0.340 e. The van der Waals surface area contributed by atoms with E-state index in [1.807, 2.05) is 4.90 Å². The van der Waals surface area contributed by atoms with Crippen molar-refractivity contribution in [1.82, 2.24) is 0 Å². The summed E-state index contributed by atoms with van der Waals surface area (Å²) < 4.78 is 10.1. The zero-order valence-corrected chi connectivity index (χ0v) is 13.1. The first kappa shape index (κ1) is 17.5. The molecule has 24 heavy (non-hydrogen) atoms. The van der Waals surface area contributed by atoms with Crippen molar-refractivity contribution in [3.63, 3.8) is 0 Å². The summed E-state index contributed by atoms with van der Waals surface area (Å²) in [6.45, 7) is 2.41. The van der Waals surface area contributed by atoms with Crippen molar-refractivity contribution in [3.05, 3.63) is 35.9 Å². The summed E-state index contributed by atoms with van der Waals surface area (Å²) in [5.41, 5.74) is 1.34. The molecule has 0 saturated carbocycles. The van der Waals surface area contributed by atoms with E-state index in [-0.39, 0.29) is 0 Å². The lowest BCUT2D eigenvalue weighted by Gasteiger charge is -2.30. The number of benzene rings is 1. The van der Waals surface area contributed by atoms with Crippen molar-refractivity contribution in [2.45, 2.75) is 0 Å². The zero-order chi connectivity index (χ0) is 17.5. The summed E-state index contributed by atoms with van der Waals surface area (Å²) in [6.07, 6.45) is 1.46. The first-order valence-electron chi connectivity index (χ1n) is 7.26. The number of carbonyl (C=O) groups is 3. The molecule has 1 amide bonds. The fourth-order valence-electron chi connectivity index (χ4n) is 2.29. The van der Waals surface area contributed by atoms with Crippen LogP contribution >= 0.6 is 0 Å². The number of carbonyl (C=O) groups excluding carboxylic acids is 3. The molecule has 8 nitrogen and oxygen atoms in total. The number of esters is 1. The van der Waals surface area contributed by atoms with Crippen molar-refractivity contribution in [2.24, 2.45) is 0 Å². The summed E-state index contributed by atoms with van der Waals surface area (Å²) in [4.78, 5) is 36.0. The first-order valence-corrected chi connectivity index (χ1v) is 7.26. The number of carboxylic acid groups (broad SMARTS) is 1. The Morgan fingerprint density at radius 1 is 1.25 bits per heavy atom. The van der Waals surface area contributed by atoms with Gasteiger partial charge in [-0.2, -0.15) is 0 Å². The fraction of sp³-hybridized carbons (Fsp3) is 0.312. The molecule has 0 spiro atoms. The van der Waals surface area contributed by atoms with Crippen LogP contribution in [0.2, 0.25) is 0 Å². The number of carboxylic acids is 1. The van der Waals surface area contributed by atoms with Gasteiger partial charge < -0.3 is 29.6 Å². The summed E-state index contributed by atoms with van der Waals surface area (Å²) >= 11 is 0. The van der Waals surface area contributed by atoms with E-state index < -0.39 is 17.8 Å². The molecule has 1 aromatic rings. The van der Waals surface area contributed by atoms with Crippen LogP contribution in [-0.2, 0) is 19.1 Å². The van der Waals surface area contributed by atoms with Gasteiger partial charge in [-0.3, -0.25) is 4.79 Å². The third-order valence-corrected chi connectivity index (χ3v) is 3.39. The molecule has 8 heteroatoms. The molecule has 2 rings (SSSR count). The van der Waals surface area contributed by atoms with Crippen LogP contribution in [0.4, 0.5) is 11.4 Å². The second-order valence-electron chi connectivity index (χ2n) is 4.96. The maximum absolute atomic E-state index is 12.0. The van der Waals surface area contributed by atoms with E-state index in [2.05, 4.69) is 5.32 Å². The van der Waals surface area contributed by atoms with Gasteiger partial charge in [-0.15, -0.1) is 0 Å².